The molecule has 0 saturated carbocycles. The molecule has 1 fully saturated rings. The van der Waals surface area contributed by atoms with Gasteiger partial charge < -0.3 is 14.7 Å². The van der Waals surface area contributed by atoms with Crippen LogP contribution in [0, 0.1) is 11.6 Å². The van der Waals surface area contributed by atoms with Gasteiger partial charge in [-0.25, -0.2) is 13.6 Å². The van der Waals surface area contributed by atoms with Crippen LogP contribution < -0.4 is 4.74 Å². The molecule has 0 radical (unpaired) electrons. The molecule has 21 heavy (non-hydrogen) atoms. The first kappa shape index (κ1) is 15.0. The Balaban J connectivity index is 2.21. The second-order valence-electron chi connectivity index (χ2n) is 4.64. The van der Waals surface area contributed by atoms with E-state index in [-0.39, 0.29) is 11.5 Å². The molecule has 0 spiro atoms. The molecule has 0 bridgehead atoms. The summed E-state index contributed by atoms with van der Waals surface area (Å²) in [7, 11) is 1.58. The minimum absolute atomic E-state index is 0.0506. The Morgan fingerprint density at radius 1 is 1.43 bits per heavy atom. The number of ether oxygens (including phenoxy) is 1. The van der Waals surface area contributed by atoms with Gasteiger partial charge in [0.15, 0.2) is 23.5 Å². The number of hydrogen-bond acceptors (Lipinski definition) is 3. The van der Waals surface area contributed by atoms with Gasteiger partial charge in [-0.05, 0) is 23.8 Å². The third-order valence-corrected chi connectivity index (χ3v) is 3.08. The third-order valence-electron chi connectivity index (χ3n) is 3.08. The van der Waals surface area contributed by atoms with Crippen LogP contribution in [-0.4, -0.2) is 41.6 Å². The van der Waals surface area contributed by atoms with Crippen LogP contribution >= 0.6 is 0 Å². The van der Waals surface area contributed by atoms with Crippen LogP contribution in [0.1, 0.15) is 12.0 Å². The van der Waals surface area contributed by atoms with Gasteiger partial charge in [-0.2, -0.15) is 0 Å². The van der Waals surface area contributed by atoms with E-state index in [4.69, 9.17) is 9.84 Å². The monoisotopic (exact) mass is 297 g/mol. The molecule has 112 valence electrons. The van der Waals surface area contributed by atoms with Crippen LogP contribution in [0.25, 0.3) is 6.08 Å². The number of halogens is 2. The van der Waals surface area contributed by atoms with Crippen molar-refractivity contribution in [1.29, 1.82) is 0 Å². The van der Waals surface area contributed by atoms with Gasteiger partial charge in [-0.3, -0.25) is 4.79 Å². The molecule has 1 aliphatic heterocycles. The number of rotatable bonds is 4. The summed E-state index contributed by atoms with van der Waals surface area (Å²) in [4.78, 5) is 23.4. The molecule has 1 atom stereocenters. The van der Waals surface area contributed by atoms with Gasteiger partial charge in [0.05, 0.1) is 0 Å². The van der Waals surface area contributed by atoms with Crippen molar-refractivity contribution in [1.82, 2.24) is 4.90 Å². The van der Waals surface area contributed by atoms with Crippen LogP contribution in [0.5, 0.6) is 5.75 Å². The summed E-state index contributed by atoms with van der Waals surface area (Å²) in [5, 5.41) is 8.47. The quantitative estimate of drug-likeness (QED) is 0.859. The van der Waals surface area contributed by atoms with Gasteiger partial charge in [0.25, 0.3) is 5.91 Å². The molecule has 1 unspecified atom stereocenters. The second-order valence-corrected chi connectivity index (χ2v) is 4.64. The third kappa shape index (κ3) is 3.36. The number of carboxylic acid groups (broad SMARTS) is 1. The van der Waals surface area contributed by atoms with Crippen LogP contribution in [-0.2, 0) is 9.59 Å². The Hall–Kier alpha value is -2.44. The molecule has 1 heterocycles. The highest BCUT2D eigenvalue weighted by molar-refractivity contribution is 5.85. The molecule has 1 amide bonds. The van der Waals surface area contributed by atoms with Gasteiger partial charge in [0, 0.05) is 26.1 Å². The van der Waals surface area contributed by atoms with Crippen molar-refractivity contribution in [2.45, 2.75) is 12.5 Å². The molecular weight excluding hydrogens is 284 g/mol. The molecule has 1 aromatic carbocycles. The van der Waals surface area contributed by atoms with Crippen molar-refractivity contribution in [3.8, 4) is 5.75 Å². The zero-order valence-electron chi connectivity index (χ0n) is 11.2. The lowest BCUT2D eigenvalue weighted by atomic mass is 10.2. The lowest BCUT2D eigenvalue weighted by molar-refractivity contribution is -0.132. The van der Waals surface area contributed by atoms with E-state index < -0.39 is 29.5 Å². The lowest BCUT2D eigenvalue weighted by Gasteiger charge is -2.14. The molecule has 1 saturated heterocycles. The van der Waals surface area contributed by atoms with Crippen molar-refractivity contribution in [2.24, 2.45) is 0 Å². The molecular formula is C14H13F2NO4. The van der Waals surface area contributed by atoms with Crippen LogP contribution in [0.2, 0.25) is 0 Å². The number of benzene rings is 1. The summed E-state index contributed by atoms with van der Waals surface area (Å²) in [5.41, 5.74) is 0.0506. The Morgan fingerprint density at radius 3 is 2.52 bits per heavy atom. The number of hydrogen-bond donors (Lipinski definition) is 1. The van der Waals surface area contributed by atoms with E-state index in [0.717, 1.165) is 24.3 Å². The predicted molar refractivity (Wildman–Crippen MR) is 69.7 cm³/mol. The van der Waals surface area contributed by atoms with Gasteiger partial charge in [-0.1, -0.05) is 0 Å². The Kier molecular flexibility index (Phi) is 4.21. The maximum atomic E-state index is 13.8. The van der Waals surface area contributed by atoms with Gasteiger partial charge in [0.1, 0.15) is 0 Å². The zero-order chi connectivity index (χ0) is 15.6. The number of carbonyl (C=O) groups is 2. The van der Waals surface area contributed by atoms with Crippen molar-refractivity contribution in [3.05, 3.63) is 35.4 Å². The Labute approximate surface area is 119 Å². The smallest absolute Gasteiger partial charge is 0.328 e. The van der Waals surface area contributed by atoms with E-state index in [0.29, 0.717) is 13.0 Å². The molecule has 0 aromatic heterocycles. The number of nitrogens with zero attached hydrogens (tertiary/aromatic N) is 1. The first-order valence-electron chi connectivity index (χ1n) is 6.20. The highest BCUT2D eigenvalue weighted by Crippen LogP contribution is 2.27. The summed E-state index contributed by atoms with van der Waals surface area (Å²) in [6, 6.07) is 1.89. The number of carboxylic acids is 1. The van der Waals surface area contributed by atoms with Crippen molar-refractivity contribution < 1.29 is 28.2 Å². The Bertz CT molecular complexity index is 592. The van der Waals surface area contributed by atoms with Gasteiger partial charge in [-0.15, -0.1) is 0 Å². The molecule has 7 heteroatoms. The topological polar surface area (TPSA) is 66.8 Å². The minimum atomic E-state index is -1.23. The number of aliphatic carboxylic acids is 1. The molecule has 2 rings (SSSR count). The van der Waals surface area contributed by atoms with Crippen molar-refractivity contribution in [3.63, 3.8) is 0 Å². The average Bonchev–Trinajstić information content (AvgIpc) is 2.72. The van der Waals surface area contributed by atoms with Crippen molar-refractivity contribution >= 4 is 18.0 Å². The van der Waals surface area contributed by atoms with E-state index in [1.54, 1.807) is 7.05 Å². The van der Waals surface area contributed by atoms with Crippen LogP contribution in [0.15, 0.2) is 18.2 Å². The first-order chi connectivity index (χ1) is 9.88. The maximum Gasteiger partial charge on any atom is 0.328 e. The van der Waals surface area contributed by atoms with E-state index >= 15 is 0 Å². The number of amides is 1. The fourth-order valence-corrected chi connectivity index (χ4v) is 2.00. The zero-order valence-corrected chi connectivity index (χ0v) is 11.2. The minimum Gasteiger partial charge on any atom is -0.478 e. The summed E-state index contributed by atoms with van der Waals surface area (Å²) < 4.78 is 32.8. The summed E-state index contributed by atoms with van der Waals surface area (Å²) in [6.07, 6.45) is 1.28. The lowest BCUT2D eigenvalue weighted by Crippen LogP contribution is -2.29. The summed E-state index contributed by atoms with van der Waals surface area (Å²) in [5.74, 6) is -4.15. The molecule has 5 nitrogen and oxygen atoms in total. The highest BCUT2D eigenvalue weighted by atomic mass is 19.1. The van der Waals surface area contributed by atoms with Crippen LogP contribution in [0.4, 0.5) is 8.78 Å². The standard InChI is InChI=1S/C14H13F2NO4/c1-17-5-4-11(14(17)20)21-13-9(15)6-8(7-10(13)16)2-3-12(18)19/h2-3,6-7,11H,4-5H2,1H3,(H,18,19). The predicted octanol–water partition coefficient (Wildman–Crippen LogP) is 1.67. The molecule has 1 aliphatic rings. The highest BCUT2D eigenvalue weighted by Gasteiger charge is 2.32. The van der Waals surface area contributed by atoms with Gasteiger partial charge >= 0.3 is 5.97 Å². The van der Waals surface area contributed by atoms with E-state index in [1.807, 2.05) is 0 Å². The van der Waals surface area contributed by atoms with E-state index in [9.17, 15) is 18.4 Å². The largest absolute Gasteiger partial charge is 0.478 e. The normalized spacial score (nSPS) is 18.5. The van der Waals surface area contributed by atoms with E-state index in [1.165, 1.54) is 4.90 Å². The first-order valence-corrected chi connectivity index (χ1v) is 6.20. The average molecular weight is 297 g/mol. The summed E-state index contributed by atoms with van der Waals surface area (Å²) in [6.45, 7) is 0.464. The fourth-order valence-electron chi connectivity index (χ4n) is 2.00. The maximum absolute atomic E-state index is 13.8. The molecule has 0 aliphatic carbocycles. The molecule has 1 aromatic rings. The van der Waals surface area contributed by atoms with E-state index in [2.05, 4.69) is 0 Å². The van der Waals surface area contributed by atoms with Crippen molar-refractivity contribution in [2.75, 3.05) is 13.6 Å². The second kappa shape index (κ2) is 5.90. The molecule has 1 N–H and O–H groups in total. The SMILES string of the molecule is CN1CCC(Oc2c(F)cc(C=CC(=O)O)cc2F)C1=O. The fraction of sp³-hybridized carbons (Fsp3) is 0.286. The summed E-state index contributed by atoms with van der Waals surface area (Å²) >= 11 is 0. The number of carbonyl (C=O) groups excluding carboxylic acids is 1. The van der Waals surface area contributed by atoms with Gasteiger partial charge in [0.2, 0.25) is 0 Å². The number of likely N-dealkylation sites (tertiary alicyclic amines) is 1. The number of likely N-dealkylation sites (N-methyl/N-ethyl adjacent to an activating group) is 1. The van der Waals surface area contributed by atoms with Crippen LogP contribution in [0.3, 0.4) is 0 Å². The Morgan fingerprint density at radius 2 is 2.05 bits per heavy atom.